The summed E-state index contributed by atoms with van der Waals surface area (Å²) in [5.41, 5.74) is 2.41. The van der Waals surface area contributed by atoms with Crippen LogP contribution in [-0.4, -0.2) is 19.2 Å². The molecule has 0 bridgehead atoms. The van der Waals surface area contributed by atoms with Gasteiger partial charge in [-0.25, -0.2) is 0 Å². The second kappa shape index (κ2) is 5.12. The molecule has 3 nitrogen and oxygen atoms in total. The van der Waals surface area contributed by atoms with Crippen LogP contribution in [0.1, 0.15) is 30.6 Å². The molecular weight excluding hydrogens is 204 g/mol. The molecule has 0 fully saturated rings. The van der Waals surface area contributed by atoms with Crippen LogP contribution in [0.4, 0.5) is 0 Å². The Kier molecular flexibility index (Phi) is 3.57. The summed E-state index contributed by atoms with van der Waals surface area (Å²) >= 11 is 0. The van der Waals surface area contributed by atoms with E-state index in [2.05, 4.69) is 6.07 Å². The fourth-order valence-electron chi connectivity index (χ4n) is 2.02. The summed E-state index contributed by atoms with van der Waals surface area (Å²) in [6.07, 6.45) is 1.10. The quantitative estimate of drug-likeness (QED) is 0.733. The molecule has 1 unspecified atom stereocenters. The molecule has 0 saturated heterocycles. The molecule has 1 atom stereocenters. The summed E-state index contributed by atoms with van der Waals surface area (Å²) in [7, 11) is 0. The van der Waals surface area contributed by atoms with Crippen molar-refractivity contribution in [2.45, 2.75) is 25.9 Å². The van der Waals surface area contributed by atoms with Crippen LogP contribution in [0.25, 0.3) is 0 Å². The van der Waals surface area contributed by atoms with Gasteiger partial charge < -0.3 is 9.47 Å². The number of carbonyl (C=O) groups is 1. The molecule has 0 N–H and O–H groups in total. The van der Waals surface area contributed by atoms with E-state index in [0.29, 0.717) is 19.6 Å². The van der Waals surface area contributed by atoms with E-state index < -0.39 is 0 Å². The number of rotatable bonds is 3. The largest absolute Gasteiger partial charge is 0.466 e. The van der Waals surface area contributed by atoms with Crippen LogP contribution in [-0.2, 0) is 20.7 Å². The van der Waals surface area contributed by atoms with E-state index in [-0.39, 0.29) is 12.1 Å². The van der Waals surface area contributed by atoms with Crippen LogP contribution in [0, 0.1) is 0 Å². The van der Waals surface area contributed by atoms with Crippen molar-refractivity contribution in [3.05, 3.63) is 35.4 Å². The Morgan fingerprint density at radius 1 is 1.50 bits per heavy atom. The number of fused-ring (bicyclic) bond motifs is 1. The molecule has 0 saturated carbocycles. The molecule has 0 aromatic heterocycles. The minimum absolute atomic E-state index is 0.135. The van der Waals surface area contributed by atoms with E-state index >= 15 is 0 Å². The standard InChI is InChI=1S/C13H16O3/c1-2-15-13(14)9-12-11-6-4-3-5-10(11)7-8-16-12/h3-6,12H,2,7-9H2,1H3. The molecule has 16 heavy (non-hydrogen) atoms. The maximum Gasteiger partial charge on any atom is 0.308 e. The molecule has 0 amide bonds. The summed E-state index contributed by atoms with van der Waals surface area (Å²) in [5, 5.41) is 0. The van der Waals surface area contributed by atoms with Gasteiger partial charge >= 0.3 is 5.97 Å². The second-order valence-corrected chi connectivity index (χ2v) is 3.82. The van der Waals surface area contributed by atoms with Crippen molar-refractivity contribution in [1.29, 1.82) is 0 Å². The van der Waals surface area contributed by atoms with E-state index in [0.717, 1.165) is 12.0 Å². The van der Waals surface area contributed by atoms with Crippen molar-refractivity contribution in [2.24, 2.45) is 0 Å². The first-order valence-electron chi connectivity index (χ1n) is 5.66. The maximum absolute atomic E-state index is 11.4. The Balaban J connectivity index is 2.10. The third-order valence-corrected chi connectivity index (χ3v) is 2.75. The molecule has 0 spiro atoms. The zero-order valence-corrected chi connectivity index (χ0v) is 9.44. The van der Waals surface area contributed by atoms with Gasteiger partial charge in [-0.15, -0.1) is 0 Å². The van der Waals surface area contributed by atoms with Gasteiger partial charge in [-0.05, 0) is 24.5 Å². The third kappa shape index (κ3) is 2.42. The van der Waals surface area contributed by atoms with E-state index in [1.807, 2.05) is 25.1 Å². The smallest absolute Gasteiger partial charge is 0.308 e. The molecule has 86 valence electrons. The summed E-state index contributed by atoms with van der Waals surface area (Å²) < 4.78 is 10.6. The van der Waals surface area contributed by atoms with Gasteiger partial charge in [0.15, 0.2) is 0 Å². The van der Waals surface area contributed by atoms with Crippen LogP contribution >= 0.6 is 0 Å². The molecule has 1 aliphatic heterocycles. The first-order valence-corrected chi connectivity index (χ1v) is 5.66. The predicted molar refractivity (Wildman–Crippen MR) is 60.1 cm³/mol. The molecule has 0 radical (unpaired) electrons. The fourth-order valence-corrected chi connectivity index (χ4v) is 2.02. The van der Waals surface area contributed by atoms with Crippen LogP contribution < -0.4 is 0 Å². The fraction of sp³-hybridized carbons (Fsp3) is 0.462. The van der Waals surface area contributed by atoms with Gasteiger partial charge in [0.1, 0.15) is 0 Å². The average molecular weight is 220 g/mol. The van der Waals surface area contributed by atoms with E-state index in [1.54, 1.807) is 0 Å². The molecule has 1 aromatic rings. The molecule has 0 aliphatic carbocycles. The highest BCUT2D eigenvalue weighted by molar-refractivity contribution is 5.70. The lowest BCUT2D eigenvalue weighted by molar-refractivity contribution is -0.146. The van der Waals surface area contributed by atoms with Crippen molar-refractivity contribution in [1.82, 2.24) is 0 Å². The highest BCUT2D eigenvalue weighted by Crippen LogP contribution is 2.29. The topological polar surface area (TPSA) is 35.5 Å². The van der Waals surface area contributed by atoms with E-state index in [9.17, 15) is 4.79 Å². The Bertz CT molecular complexity index is 373. The minimum Gasteiger partial charge on any atom is -0.466 e. The lowest BCUT2D eigenvalue weighted by Gasteiger charge is -2.25. The number of esters is 1. The molecular formula is C13H16O3. The highest BCUT2D eigenvalue weighted by atomic mass is 16.5. The Morgan fingerprint density at radius 2 is 2.31 bits per heavy atom. The van der Waals surface area contributed by atoms with Crippen molar-refractivity contribution in [3.8, 4) is 0 Å². The SMILES string of the molecule is CCOC(=O)CC1OCCc2ccccc21. The zero-order valence-electron chi connectivity index (χ0n) is 9.44. The van der Waals surface area contributed by atoms with Crippen LogP contribution in [0.2, 0.25) is 0 Å². The summed E-state index contributed by atoms with van der Waals surface area (Å²) in [6, 6.07) is 8.12. The number of carbonyl (C=O) groups excluding carboxylic acids is 1. The second-order valence-electron chi connectivity index (χ2n) is 3.82. The zero-order chi connectivity index (χ0) is 11.4. The van der Waals surface area contributed by atoms with Gasteiger partial charge in [-0.1, -0.05) is 24.3 Å². The molecule has 1 aliphatic rings. The van der Waals surface area contributed by atoms with Gasteiger partial charge in [-0.2, -0.15) is 0 Å². The minimum atomic E-state index is -0.191. The first-order chi connectivity index (χ1) is 7.81. The van der Waals surface area contributed by atoms with Crippen molar-refractivity contribution < 1.29 is 14.3 Å². The van der Waals surface area contributed by atoms with E-state index in [1.165, 1.54) is 5.56 Å². The highest BCUT2D eigenvalue weighted by Gasteiger charge is 2.23. The third-order valence-electron chi connectivity index (χ3n) is 2.75. The molecule has 1 aromatic carbocycles. The van der Waals surface area contributed by atoms with Crippen LogP contribution in [0.3, 0.4) is 0 Å². The Hall–Kier alpha value is -1.35. The Labute approximate surface area is 95.4 Å². The van der Waals surface area contributed by atoms with Crippen LogP contribution in [0.15, 0.2) is 24.3 Å². The lowest BCUT2D eigenvalue weighted by atomic mass is 9.96. The monoisotopic (exact) mass is 220 g/mol. The molecule has 1 heterocycles. The van der Waals surface area contributed by atoms with Gasteiger partial charge in [0.25, 0.3) is 0 Å². The van der Waals surface area contributed by atoms with Gasteiger partial charge in [-0.3, -0.25) is 4.79 Å². The van der Waals surface area contributed by atoms with Gasteiger partial charge in [0.05, 0.1) is 25.7 Å². The predicted octanol–water partition coefficient (Wildman–Crippen LogP) is 2.25. The summed E-state index contributed by atoms with van der Waals surface area (Å²) in [5.74, 6) is -0.191. The first kappa shape index (κ1) is 11.1. The average Bonchev–Trinajstić information content (AvgIpc) is 2.30. The lowest BCUT2D eigenvalue weighted by Crippen LogP contribution is -2.20. The van der Waals surface area contributed by atoms with Crippen molar-refractivity contribution in [3.63, 3.8) is 0 Å². The van der Waals surface area contributed by atoms with Gasteiger partial charge in [0, 0.05) is 0 Å². The number of hydrogen-bond donors (Lipinski definition) is 0. The Morgan fingerprint density at radius 3 is 3.12 bits per heavy atom. The summed E-state index contributed by atoms with van der Waals surface area (Å²) in [4.78, 5) is 11.4. The summed E-state index contributed by atoms with van der Waals surface area (Å²) in [6.45, 7) is 2.92. The number of benzene rings is 1. The van der Waals surface area contributed by atoms with Crippen molar-refractivity contribution in [2.75, 3.05) is 13.2 Å². The van der Waals surface area contributed by atoms with E-state index in [4.69, 9.17) is 9.47 Å². The number of ether oxygens (including phenoxy) is 2. The van der Waals surface area contributed by atoms with Crippen LogP contribution in [0.5, 0.6) is 0 Å². The van der Waals surface area contributed by atoms with Crippen molar-refractivity contribution >= 4 is 5.97 Å². The number of hydrogen-bond acceptors (Lipinski definition) is 3. The normalized spacial score (nSPS) is 18.9. The molecule has 2 rings (SSSR count). The molecule has 3 heteroatoms. The maximum atomic E-state index is 11.4. The van der Waals surface area contributed by atoms with Gasteiger partial charge in [0.2, 0.25) is 0 Å².